The van der Waals surface area contributed by atoms with Gasteiger partial charge in [0.25, 0.3) is 11.8 Å². The molecule has 4 N–H and O–H groups in total. The Morgan fingerprint density at radius 3 is 2.06 bits per heavy atom. The van der Waals surface area contributed by atoms with E-state index in [-0.39, 0.29) is 23.7 Å². The minimum atomic E-state index is -0.324. The Hall–Kier alpha value is -2.77. The maximum Gasteiger partial charge on any atom is 0.279 e. The van der Waals surface area contributed by atoms with Crippen molar-refractivity contribution in [3.8, 4) is 0 Å². The Bertz CT molecular complexity index is 908. The largest absolute Gasteiger partial charge is 0.345 e. The van der Waals surface area contributed by atoms with Gasteiger partial charge in [0.1, 0.15) is 32.0 Å². The zero-order chi connectivity index (χ0) is 22.4. The molecule has 31 heavy (non-hydrogen) atoms. The summed E-state index contributed by atoms with van der Waals surface area (Å²) < 4.78 is 13.0. The van der Waals surface area contributed by atoms with Gasteiger partial charge >= 0.3 is 0 Å². The second-order valence-electron chi connectivity index (χ2n) is 8.54. The highest BCUT2D eigenvalue weighted by atomic mass is 19.1. The predicted octanol–water partition coefficient (Wildman–Crippen LogP) is 0.0418. The van der Waals surface area contributed by atoms with Gasteiger partial charge in [-0.3, -0.25) is 9.59 Å². The summed E-state index contributed by atoms with van der Waals surface area (Å²) in [5.41, 5.74) is 4.20. The molecule has 1 heterocycles. The second kappa shape index (κ2) is 10.5. The summed E-state index contributed by atoms with van der Waals surface area (Å²) in [6.45, 7) is 10.4. The van der Waals surface area contributed by atoms with Gasteiger partial charge in [-0.05, 0) is 61.7 Å². The molecule has 0 aromatic heterocycles. The van der Waals surface area contributed by atoms with E-state index in [1.807, 2.05) is 6.92 Å². The van der Waals surface area contributed by atoms with Gasteiger partial charge in [0.2, 0.25) is 0 Å². The highest BCUT2D eigenvalue weighted by Gasteiger charge is 2.26. The molecule has 0 bridgehead atoms. The van der Waals surface area contributed by atoms with Gasteiger partial charge in [-0.15, -0.1) is 0 Å². The number of anilines is 1. The molecular formula is C24H33FN4O2+2. The minimum Gasteiger partial charge on any atom is -0.345 e. The van der Waals surface area contributed by atoms with E-state index in [0.29, 0.717) is 18.8 Å². The SMILES string of the molecule is Cc1ccc([C@H](C)NC(=O)C[NH+]2CC[NH+](CC(=O)Nc3ccc(F)cc3)CC2)cc1C. The summed E-state index contributed by atoms with van der Waals surface area (Å²) in [5, 5.41) is 5.91. The van der Waals surface area contributed by atoms with E-state index < -0.39 is 0 Å². The molecule has 0 unspecified atom stereocenters. The number of benzene rings is 2. The molecule has 2 aromatic rings. The van der Waals surface area contributed by atoms with Gasteiger partial charge in [0.05, 0.1) is 6.04 Å². The van der Waals surface area contributed by atoms with Gasteiger partial charge in [-0.2, -0.15) is 0 Å². The molecule has 1 fully saturated rings. The molecular weight excluding hydrogens is 395 g/mol. The van der Waals surface area contributed by atoms with Crippen molar-refractivity contribution < 1.29 is 23.8 Å². The highest BCUT2D eigenvalue weighted by molar-refractivity contribution is 5.91. The summed E-state index contributed by atoms with van der Waals surface area (Å²) in [7, 11) is 0. The number of piperazine rings is 1. The van der Waals surface area contributed by atoms with Crippen molar-refractivity contribution in [2.24, 2.45) is 0 Å². The van der Waals surface area contributed by atoms with Crippen LogP contribution < -0.4 is 20.4 Å². The van der Waals surface area contributed by atoms with Crippen LogP contribution in [0.25, 0.3) is 0 Å². The molecule has 1 aliphatic heterocycles. The highest BCUT2D eigenvalue weighted by Crippen LogP contribution is 2.16. The molecule has 0 spiro atoms. The van der Waals surface area contributed by atoms with E-state index >= 15 is 0 Å². The van der Waals surface area contributed by atoms with Crippen LogP contribution in [0.1, 0.15) is 29.7 Å². The molecule has 2 aromatic carbocycles. The van der Waals surface area contributed by atoms with Crippen LogP contribution in [0.2, 0.25) is 0 Å². The van der Waals surface area contributed by atoms with E-state index in [1.54, 1.807) is 12.1 Å². The normalized spacial score (nSPS) is 19.5. The predicted molar refractivity (Wildman–Crippen MR) is 119 cm³/mol. The molecule has 1 atom stereocenters. The standard InChI is InChI=1S/C24H31FN4O2/c1-17-4-5-20(14-18(17)2)19(3)26-23(30)15-28-10-12-29(13-11-28)16-24(31)27-22-8-6-21(25)7-9-22/h4-9,14,19H,10-13,15-16H2,1-3H3,(H,26,30)(H,27,31)/p+2/t19-/m0/s1. The lowest BCUT2D eigenvalue weighted by Crippen LogP contribution is -3.28. The van der Waals surface area contributed by atoms with Gasteiger partial charge in [-0.1, -0.05) is 18.2 Å². The van der Waals surface area contributed by atoms with Crippen molar-refractivity contribution >= 4 is 17.5 Å². The zero-order valence-corrected chi connectivity index (χ0v) is 18.6. The molecule has 0 aliphatic carbocycles. The lowest BCUT2D eigenvalue weighted by Gasteiger charge is -2.29. The van der Waals surface area contributed by atoms with Crippen LogP contribution in [0.3, 0.4) is 0 Å². The fourth-order valence-electron chi connectivity index (χ4n) is 3.91. The lowest BCUT2D eigenvalue weighted by atomic mass is 10.0. The van der Waals surface area contributed by atoms with Gasteiger partial charge in [0, 0.05) is 5.69 Å². The van der Waals surface area contributed by atoms with Crippen molar-refractivity contribution in [3.63, 3.8) is 0 Å². The quantitative estimate of drug-likeness (QED) is 0.503. The first-order valence-electron chi connectivity index (χ1n) is 10.9. The maximum absolute atomic E-state index is 13.0. The molecule has 7 heteroatoms. The van der Waals surface area contributed by atoms with Crippen molar-refractivity contribution in [2.45, 2.75) is 26.8 Å². The van der Waals surface area contributed by atoms with E-state index in [0.717, 1.165) is 31.7 Å². The van der Waals surface area contributed by atoms with Crippen LogP contribution in [-0.2, 0) is 9.59 Å². The summed E-state index contributed by atoms with van der Waals surface area (Å²) >= 11 is 0. The Kier molecular flexibility index (Phi) is 7.76. The number of aryl methyl sites for hydroxylation is 2. The molecule has 1 saturated heterocycles. The topological polar surface area (TPSA) is 67.1 Å². The van der Waals surface area contributed by atoms with Crippen LogP contribution in [0, 0.1) is 19.7 Å². The Balaban J connectivity index is 1.39. The Morgan fingerprint density at radius 2 is 1.48 bits per heavy atom. The van der Waals surface area contributed by atoms with Crippen molar-refractivity contribution in [2.75, 3.05) is 44.6 Å². The summed E-state index contributed by atoms with van der Waals surface area (Å²) in [5.74, 6) is -0.349. The number of rotatable bonds is 7. The maximum atomic E-state index is 13.0. The van der Waals surface area contributed by atoms with Crippen LogP contribution in [0.4, 0.5) is 10.1 Å². The van der Waals surface area contributed by atoms with Crippen molar-refractivity contribution in [3.05, 3.63) is 65.0 Å². The third-order valence-corrected chi connectivity index (χ3v) is 6.02. The Labute approximate surface area is 183 Å². The van der Waals surface area contributed by atoms with Crippen molar-refractivity contribution in [1.82, 2.24) is 5.32 Å². The van der Waals surface area contributed by atoms with E-state index in [4.69, 9.17) is 0 Å². The second-order valence-corrected chi connectivity index (χ2v) is 8.54. The summed E-state index contributed by atoms with van der Waals surface area (Å²) in [6.07, 6.45) is 0. The minimum absolute atomic E-state index is 0.0201. The number of carbonyl (C=O) groups is 2. The summed E-state index contributed by atoms with van der Waals surface area (Å²) in [4.78, 5) is 27.2. The number of carbonyl (C=O) groups excluding carboxylic acids is 2. The third kappa shape index (κ3) is 6.87. The first-order chi connectivity index (χ1) is 14.8. The number of amides is 2. The molecule has 0 saturated carbocycles. The van der Waals surface area contributed by atoms with Gasteiger partial charge in [0.15, 0.2) is 13.1 Å². The third-order valence-electron chi connectivity index (χ3n) is 6.02. The molecule has 166 valence electrons. The van der Waals surface area contributed by atoms with Crippen LogP contribution >= 0.6 is 0 Å². The van der Waals surface area contributed by atoms with Gasteiger partial charge < -0.3 is 20.4 Å². The molecule has 2 amide bonds. The smallest absolute Gasteiger partial charge is 0.279 e. The number of halogens is 1. The van der Waals surface area contributed by atoms with Crippen LogP contribution in [0.15, 0.2) is 42.5 Å². The molecule has 0 radical (unpaired) electrons. The fraction of sp³-hybridized carbons (Fsp3) is 0.417. The van der Waals surface area contributed by atoms with E-state index in [9.17, 15) is 14.0 Å². The average molecular weight is 429 g/mol. The van der Waals surface area contributed by atoms with E-state index in [1.165, 1.54) is 33.1 Å². The number of hydrogen-bond donors (Lipinski definition) is 4. The zero-order valence-electron chi connectivity index (χ0n) is 18.6. The molecule has 3 rings (SSSR count). The molecule has 1 aliphatic rings. The number of hydrogen-bond acceptors (Lipinski definition) is 2. The summed E-state index contributed by atoms with van der Waals surface area (Å²) in [6, 6.07) is 12.0. The van der Waals surface area contributed by atoms with E-state index in [2.05, 4.69) is 42.7 Å². The Morgan fingerprint density at radius 1 is 0.903 bits per heavy atom. The first kappa shape index (κ1) is 22.9. The van der Waals surface area contributed by atoms with Gasteiger partial charge in [-0.25, -0.2) is 4.39 Å². The van der Waals surface area contributed by atoms with Crippen molar-refractivity contribution in [1.29, 1.82) is 0 Å². The van der Waals surface area contributed by atoms with Crippen LogP contribution in [0.5, 0.6) is 0 Å². The van der Waals surface area contributed by atoms with Crippen LogP contribution in [-0.4, -0.2) is 51.1 Å². The fourth-order valence-corrected chi connectivity index (χ4v) is 3.91. The monoisotopic (exact) mass is 428 g/mol. The molecule has 6 nitrogen and oxygen atoms in total. The number of nitrogens with one attached hydrogen (secondary N) is 4. The number of quaternary nitrogens is 2. The first-order valence-corrected chi connectivity index (χ1v) is 10.9. The lowest BCUT2D eigenvalue weighted by molar-refractivity contribution is -1.00. The average Bonchev–Trinajstić information content (AvgIpc) is 2.73.